The largest absolute Gasteiger partial charge is 0.422 e. The quantitative estimate of drug-likeness (QED) is 0.492. The van der Waals surface area contributed by atoms with Gasteiger partial charge in [-0.25, -0.2) is 4.39 Å². The highest BCUT2D eigenvalue weighted by atomic mass is 19.4. The molecule has 1 rings (SSSR count). The Morgan fingerprint density at radius 1 is 1.46 bits per heavy atom. The third-order valence-corrected chi connectivity index (χ3v) is 2.59. The minimum absolute atomic E-state index is 0.148. The summed E-state index contributed by atoms with van der Waals surface area (Å²) in [5, 5.41) is 0. The molecule has 2 unspecified atom stereocenters. The Labute approximate surface area is 73.1 Å². The summed E-state index contributed by atoms with van der Waals surface area (Å²) < 4.78 is 50.1. The summed E-state index contributed by atoms with van der Waals surface area (Å²) in [5.41, 5.74) is -3.13. The van der Waals surface area contributed by atoms with Gasteiger partial charge in [0.1, 0.15) is 6.29 Å². The Kier molecular flexibility index (Phi) is 2.63. The Morgan fingerprint density at radius 2 is 2.08 bits per heavy atom. The highest BCUT2D eigenvalue weighted by molar-refractivity contribution is 5.50. The number of rotatable bonds is 2. The first-order chi connectivity index (χ1) is 5.92. The standard InChI is InChI=1S/C8H10F4O/c9-7(8(10,11)12)4-1-2-6(7)3-5-13/h5-6H,1-4H2. The van der Waals surface area contributed by atoms with Crippen LogP contribution in [0.4, 0.5) is 17.6 Å². The van der Waals surface area contributed by atoms with Crippen LogP contribution in [0.2, 0.25) is 0 Å². The van der Waals surface area contributed by atoms with E-state index in [4.69, 9.17) is 0 Å². The summed E-state index contributed by atoms with van der Waals surface area (Å²) in [4.78, 5) is 10.0. The molecule has 1 aliphatic carbocycles. The van der Waals surface area contributed by atoms with Gasteiger partial charge in [-0.05, 0) is 19.3 Å². The molecule has 0 N–H and O–H groups in total. The topological polar surface area (TPSA) is 17.1 Å². The third kappa shape index (κ3) is 1.69. The van der Waals surface area contributed by atoms with E-state index in [1.54, 1.807) is 0 Å². The predicted octanol–water partition coefficient (Wildman–Crippen LogP) is 2.65. The second kappa shape index (κ2) is 3.27. The molecule has 0 aromatic carbocycles. The lowest BCUT2D eigenvalue weighted by atomic mass is 9.90. The molecule has 76 valence electrons. The molecule has 0 aromatic heterocycles. The van der Waals surface area contributed by atoms with E-state index in [0.29, 0.717) is 6.29 Å². The van der Waals surface area contributed by atoms with Crippen molar-refractivity contribution in [2.45, 2.75) is 37.5 Å². The smallest absolute Gasteiger partial charge is 0.303 e. The van der Waals surface area contributed by atoms with Gasteiger partial charge in [0, 0.05) is 12.3 Å². The molecular formula is C8H10F4O. The fourth-order valence-electron chi connectivity index (χ4n) is 1.83. The molecule has 0 amide bonds. The van der Waals surface area contributed by atoms with E-state index in [1.807, 2.05) is 0 Å². The molecule has 1 nitrogen and oxygen atoms in total. The molecule has 0 aliphatic heterocycles. The van der Waals surface area contributed by atoms with E-state index in [1.165, 1.54) is 0 Å². The zero-order chi connectivity index (χ0) is 10.1. The molecule has 13 heavy (non-hydrogen) atoms. The number of hydrogen-bond acceptors (Lipinski definition) is 1. The van der Waals surface area contributed by atoms with E-state index in [9.17, 15) is 22.4 Å². The van der Waals surface area contributed by atoms with Crippen molar-refractivity contribution in [1.29, 1.82) is 0 Å². The van der Waals surface area contributed by atoms with Gasteiger partial charge < -0.3 is 4.79 Å². The number of aldehydes is 1. The lowest BCUT2D eigenvalue weighted by Crippen LogP contribution is -2.44. The van der Waals surface area contributed by atoms with Crippen molar-refractivity contribution in [2.24, 2.45) is 5.92 Å². The summed E-state index contributed by atoms with van der Waals surface area (Å²) in [5.74, 6) is -1.18. The van der Waals surface area contributed by atoms with E-state index in [0.717, 1.165) is 0 Å². The number of halogens is 4. The van der Waals surface area contributed by atoms with Gasteiger partial charge in [-0.3, -0.25) is 0 Å². The summed E-state index contributed by atoms with van der Waals surface area (Å²) in [6, 6.07) is 0. The van der Waals surface area contributed by atoms with Crippen LogP contribution in [0.5, 0.6) is 0 Å². The van der Waals surface area contributed by atoms with Crippen LogP contribution < -0.4 is 0 Å². The molecule has 1 saturated carbocycles. The molecule has 1 aliphatic rings. The molecule has 1 fully saturated rings. The Hall–Kier alpha value is -0.610. The molecule has 0 saturated heterocycles. The average Bonchev–Trinajstić information content (AvgIpc) is 2.33. The van der Waals surface area contributed by atoms with Gasteiger partial charge in [-0.1, -0.05) is 0 Å². The fourth-order valence-corrected chi connectivity index (χ4v) is 1.83. The summed E-state index contributed by atoms with van der Waals surface area (Å²) in [7, 11) is 0. The maximum absolute atomic E-state index is 13.4. The molecule has 0 spiro atoms. The van der Waals surface area contributed by atoms with E-state index in [-0.39, 0.29) is 19.3 Å². The minimum atomic E-state index is -4.84. The van der Waals surface area contributed by atoms with Crippen LogP contribution in [-0.2, 0) is 4.79 Å². The summed E-state index contributed by atoms with van der Waals surface area (Å²) in [6.07, 6.45) is -4.97. The van der Waals surface area contributed by atoms with Crippen molar-refractivity contribution in [3.8, 4) is 0 Å². The SMILES string of the molecule is O=CCC1CCCC1(F)C(F)(F)F. The van der Waals surface area contributed by atoms with Gasteiger partial charge in [-0.15, -0.1) is 0 Å². The maximum Gasteiger partial charge on any atom is 0.422 e. The lowest BCUT2D eigenvalue weighted by molar-refractivity contribution is -0.241. The number of carbonyl (C=O) groups is 1. The first-order valence-corrected chi connectivity index (χ1v) is 4.11. The highest BCUT2D eigenvalue weighted by Gasteiger charge is 2.61. The normalized spacial score (nSPS) is 34.9. The molecule has 2 atom stereocenters. The lowest BCUT2D eigenvalue weighted by Gasteiger charge is -2.28. The predicted molar refractivity (Wildman–Crippen MR) is 37.9 cm³/mol. The average molecular weight is 198 g/mol. The molecule has 5 heteroatoms. The van der Waals surface area contributed by atoms with Crippen LogP contribution >= 0.6 is 0 Å². The van der Waals surface area contributed by atoms with Crippen molar-refractivity contribution in [1.82, 2.24) is 0 Å². The highest BCUT2D eigenvalue weighted by Crippen LogP contribution is 2.50. The van der Waals surface area contributed by atoms with Gasteiger partial charge >= 0.3 is 6.18 Å². The summed E-state index contributed by atoms with van der Waals surface area (Å²) in [6.45, 7) is 0. The van der Waals surface area contributed by atoms with Gasteiger partial charge in [0.2, 0.25) is 5.67 Å². The minimum Gasteiger partial charge on any atom is -0.303 e. The van der Waals surface area contributed by atoms with Crippen LogP contribution in [0.25, 0.3) is 0 Å². The number of hydrogen-bond donors (Lipinski definition) is 0. The third-order valence-electron chi connectivity index (χ3n) is 2.59. The Bertz CT molecular complexity index is 201. The van der Waals surface area contributed by atoms with Crippen LogP contribution in [0.15, 0.2) is 0 Å². The first kappa shape index (κ1) is 10.5. The van der Waals surface area contributed by atoms with Crippen molar-refractivity contribution in [2.75, 3.05) is 0 Å². The van der Waals surface area contributed by atoms with Crippen molar-refractivity contribution < 1.29 is 22.4 Å². The van der Waals surface area contributed by atoms with E-state index in [2.05, 4.69) is 0 Å². The number of carbonyl (C=O) groups excluding carboxylic acids is 1. The molecule has 0 aromatic rings. The van der Waals surface area contributed by atoms with Gasteiger partial charge in [0.15, 0.2) is 0 Å². The second-order valence-electron chi connectivity index (χ2n) is 3.35. The molecule has 0 bridgehead atoms. The zero-order valence-electron chi connectivity index (χ0n) is 6.90. The maximum atomic E-state index is 13.4. The van der Waals surface area contributed by atoms with Crippen molar-refractivity contribution >= 4 is 6.29 Å². The van der Waals surface area contributed by atoms with Crippen molar-refractivity contribution in [3.05, 3.63) is 0 Å². The van der Waals surface area contributed by atoms with Gasteiger partial charge in [0.25, 0.3) is 0 Å². The van der Waals surface area contributed by atoms with E-state index < -0.39 is 24.2 Å². The fraction of sp³-hybridized carbons (Fsp3) is 0.875. The van der Waals surface area contributed by atoms with Crippen molar-refractivity contribution in [3.63, 3.8) is 0 Å². The van der Waals surface area contributed by atoms with E-state index >= 15 is 0 Å². The van der Waals surface area contributed by atoms with Crippen LogP contribution in [0, 0.1) is 5.92 Å². The van der Waals surface area contributed by atoms with Crippen LogP contribution in [-0.4, -0.2) is 18.1 Å². The zero-order valence-corrected chi connectivity index (χ0v) is 6.90. The summed E-state index contributed by atoms with van der Waals surface area (Å²) >= 11 is 0. The molecule has 0 radical (unpaired) electrons. The Balaban J connectivity index is 2.81. The van der Waals surface area contributed by atoms with Gasteiger partial charge in [-0.2, -0.15) is 13.2 Å². The monoisotopic (exact) mass is 198 g/mol. The second-order valence-corrected chi connectivity index (χ2v) is 3.35. The van der Waals surface area contributed by atoms with Crippen LogP contribution in [0.1, 0.15) is 25.7 Å². The van der Waals surface area contributed by atoms with Gasteiger partial charge in [0.05, 0.1) is 0 Å². The first-order valence-electron chi connectivity index (χ1n) is 4.11. The number of alkyl halides is 4. The van der Waals surface area contributed by atoms with Crippen LogP contribution in [0.3, 0.4) is 0 Å². The molecular weight excluding hydrogens is 188 g/mol. The molecule has 0 heterocycles. The Morgan fingerprint density at radius 3 is 2.54 bits per heavy atom.